The van der Waals surface area contributed by atoms with Gasteiger partial charge in [-0.1, -0.05) is 41.6 Å². The van der Waals surface area contributed by atoms with Gasteiger partial charge in [-0.3, -0.25) is 4.79 Å². The van der Waals surface area contributed by atoms with Crippen LogP contribution in [0.3, 0.4) is 0 Å². The minimum atomic E-state index is 0.00766. The molecule has 2 aromatic carbocycles. The van der Waals surface area contributed by atoms with E-state index in [1.165, 1.54) is 16.7 Å². The van der Waals surface area contributed by atoms with Gasteiger partial charge in [0.25, 0.3) is 5.89 Å². The zero-order chi connectivity index (χ0) is 19.5. The van der Waals surface area contributed by atoms with Crippen molar-refractivity contribution in [3.05, 3.63) is 71.0 Å². The molecule has 4 rings (SSSR count). The van der Waals surface area contributed by atoms with Gasteiger partial charge in [0.05, 0.1) is 0 Å². The Labute approximate surface area is 165 Å². The number of carbonyl (C=O) groups is 1. The van der Waals surface area contributed by atoms with Crippen molar-refractivity contribution in [2.24, 2.45) is 0 Å². The first-order valence-corrected chi connectivity index (χ1v) is 9.83. The molecule has 5 nitrogen and oxygen atoms in total. The van der Waals surface area contributed by atoms with Crippen molar-refractivity contribution >= 4 is 5.91 Å². The van der Waals surface area contributed by atoms with E-state index in [-0.39, 0.29) is 11.8 Å². The highest BCUT2D eigenvalue weighted by Crippen LogP contribution is 2.29. The van der Waals surface area contributed by atoms with Crippen molar-refractivity contribution in [3.63, 3.8) is 0 Å². The first-order chi connectivity index (χ1) is 13.6. The maximum absolute atomic E-state index is 12.4. The van der Waals surface area contributed by atoms with E-state index >= 15 is 0 Å². The van der Waals surface area contributed by atoms with Crippen LogP contribution >= 0.6 is 0 Å². The van der Waals surface area contributed by atoms with E-state index in [0.29, 0.717) is 24.7 Å². The van der Waals surface area contributed by atoms with E-state index < -0.39 is 0 Å². The van der Waals surface area contributed by atoms with Crippen molar-refractivity contribution in [2.45, 2.75) is 39.0 Å². The third-order valence-electron chi connectivity index (χ3n) is 5.51. The first-order valence-electron chi connectivity index (χ1n) is 9.83. The lowest BCUT2D eigenvalue weighted by atomic mass is 10.1. The Kier molecular flexibility index (Phi) is 5.24. The van der Waals surface area contributed by atoms with E-state index in [9.17, 15) is 4.79 Å². The highest BCUT2D eigenvalue weighted by molar-refractivity contribution is 5.79. The standard InChI is InChI=1S/C23H25N3O2/c1-16-10-11-19(13-17(16)2)23-24-22(25-28-23)20-14-21(27)26(15-20)12-6-9-18-7-4-3-5-8-18/h3-5,7-8,10-11,13,20H,6,9,12,14-15H2,1-2H3. The first kappa shape index (κ1) is 18.4. The van der Waals surface area contributed by atoms with Crippen LogP contribution in [-0.2, 0) is 11.2 Å². The Bertz CT molecular complexity index is 965. The maximum atomic E-state index is 12.4. The van der Waals surface area contributed by atoms with Crippen LogP contribution in [0.5, 0.6) is 0 Å². The summed E-state index contributed by atoms with van der Waals surface area (Å²) in [6.45, 7) is 5.58. The largest absolute Gasteiger partial charge is 0.342 e. The van der Waals surface area contributed by atoms with E-state index in [4.69, 9.17) is 4.52 Å². The highest BCUT2D eigenvalue weighted by atomic mass is 16.5. The van der Waals surface area contributed by atoms with Crippen LogP contribution in [0.1, 0.15) is 41.3 Å². The van der Waals surface area contributed by atoms with Crippen molar-refractivity contribution < 1.29 is 9.32 Å². The number of aryl methyl sites for hydroxylation is 3. The summed E-state index contributed by atoms with van der Waals surface area (Å²) in [7, 11) is 0. The molecule has 5 heteroatoms. The summed E-state index contributed by atoms with van der Waals surface area (Å²) in [4.78, 5) is 18.9. The lowest BCUT2D eigenvalue weighted by Crippen LogP contribution is -2.26. The lowest BCUT2D eigenvalue weighted by Gasteiger charge is -2.15. The SMILES string of the molecule is Cc1ccc(-c2nc(C3CC(=O)N(CCCc4ccccc4)C3)no2)cc1C. The van der Waals surface area contributed by atoms with Crippen LogP contribution in [0.25, 0.3) is 11.5 Å². The van der Waals surface area contributed by atoms with Gasteiger partial charge in [0.2, 0.25) is 5.91 Å². The number of aromatic nitrogens is 2. The summed E-state index contributed by atoms with van der Waals surface area (Å²) in [5, 5.41) is 4.16. The minimum absolute atomic E-state index is 0.00766. The Morgan fingerprint density at radius 1 is 1.11 bits per heavy atom. The maximum Gasteiger partial charge on any atom is 0.257 e. The third kappa shape index (κ3) is 3.98. The molecule has 0 aliphatic carbocycles. The quantitative estimate of drug-likeness (QED) is 0.644. The van der Waals surface area contributed by atoms with Gasteiger partial charge in [0.1, 0.15) is 0 Å². The lowest BCUT2D eigenvalue weighted by molar-refractivity contribution is -0.127. The second kappa shape index (κ2) is 7.97. The Morgan fingerprint density at radius 2 is 1.93 bits per heavy atom. The molecule has 2 heterocycles. The van der Waals surface area contributed by atoms with Gasteiger partial charge in [-0.05, 0) is 55.5 Å². The molecule has 1 aliphatic rings. The normalized spacial score (nSPS) is 16.7. The number of rotatable bonds is 6. The molecule has 0 bridgehead atoms. The molecule has 144 valence electrons. The summed E-state index contributed by atoms with van der Waals surface area (Å²) < 4.78 is 5.48. The second-order valence-electron chi connectivity index (χ2n) is 7.59. The summed E-state index contributed by atoms with van der Waals surface area (Å²) in [5.74, 6) is 1.34. The zero-order valence-corrected chi connectivity index (χ0v) is 16.4. The molecule has 0 N–H and O–H groups in total. The molecule has 1 atom stereocenters. The highest BCUT2D eigenvalue weighted by Gasteiger charge is 2.33. The van der Waals surface area contributed by atoms with Gasteiger partial charge in [-0.15, -0.1) is 0 Å². The minimum Gasteiger partial charge on any atom is -0.342 e. The van der Waals surface area contributed by atoms with Gasteiger partial charge in [0, 0.05) is 31.0 Å². The summed E-state index contributed by atoms with van der Waals surface area (Å²) in [6.07, 6.45) is 2.40. The van der Waals surface area contributed by atoms with Crippen LogP contribution < -0.4 is 0 Å². The third-order valence-corrected chi connectivity index (χ3v) is 5.51. The average molecular weight is 375 g/mol. The molecule has 1 saturated heterocycles. The number of hydrogen-bond donors (Lipinski definition) is 0. The number of likely N-dealkylation sites (tertiary alicyclic amines) is 1. The van der Waals surface area contributed by atoms with Crippen LogP contribution in [0.4, 0.5) is 0 Å². The summed E-state index contributed by atoms with van der Waals surface area (Å²) in [6, 6.07) is 16.5. The molecule has 1 aromatic heterocycles. The second-order valence-corrected chi connectivity index (χ2v) is 7.59. The molecule has 28 heavy (non-hydrogen) atoms. The number of nitrogens with zero attached hydrogens (tertiary/aromatic N) is 3. The number of carbonyl (C=O) groups excluding carboxylic acids is 1. The van der Waals surface area contributed by atoms with Gasteiger partial charge < -0.3 is 9.42 Å². The fourth-order valence-corrected chi connectivity index (χ4v) is 3.67. The van der Waals surface area contributed by atoms with Gasteiger partial charge in [0.15, 0.2) is 5.82 Å². The van der Waals surface area contributed by atoms with E-state index in [0.717, 1.165) is 24.9 Å². The fourth-order valence-electron chi connectivity index (χ4n) is 3.67. The predicted octanol–water partition coefficient (Wildman–Crippen LogP) is 4.30. The zero-order valence-electron chi connectivity index (χ0n) is 16.4. The smallest absolute Gasteiger partial charge is 0.257 e. The van der Waals surface area contributed by atoms with Gasteiger partial charge in [-0.2, -0.15) is 4.98 Å². The van der Waals surface area contributed by atoms with Crippen LogP contribution in [0.15, 0.2) is 53.1 Å². The Hall–Kier alpha value is -2.95. The topological polar surface area (TPSA) is 59.2 Å². The molecule has 0 spiro atoms. The van der Waals surface area contributed by atoms with Crippen LogP contribution in [-0.4, -0.2) is 34.0 Å². The van der Waals surface area contributed by atoms with E-state index in [1.54, 1.807) is 0 Å². The molecule has 0 radical (unpaired) electrons. The molecule has 0 saturated carbocycles. The van der Waals surface area contributed by atoms with Crippen molar-refractivity contribution in [2.75, 3.05) is 13.1 Å². The number of amides is 1. The predicted molar refractivity (Wildman–Crippen MR) is 108 cm³/mol. The van der Waals surface area contributed by atoms with Gasteiger partial charge in [-0.25, -0.2) is 0 Å². The van der Waals surface area contributed by atoms with Crippen molar-refractivity contribution in [3.8, 4) is 11.5 Å². The molecular formula is C23H25N3O2. The monoisotopic (exact) mass is 375 g/mol. The molecule has 3 aromatic rings. The van der Waals surface area contributed by atoms with Crippen LogP contribution in [0.2, 0.25) is 0 Å². The number of benzene rings is 2. The number of hydrogen-bond acceptors (Lipinski definition) is 4. The molecule has 1 aliphatic heterocycles. The fraction of sp³-hybridized carbons (Fsp3) is 0.348. The molecule has 1 unspecified atom stereocenters. The summed E-state index contributed by atoms with van der Waals surface area (Å²) >= 11 is 0. The molecule has 1 fully saturated rings. The Balaban J connectivity index is 1.37. The van der Waals surface area contributed by atoms with E-state index in [1.807, 2.05) is 17.0 Å². The van der Waals surface area contributed by atoms with Crippen molar-refractivity contribution in [1.29, 1.82) is 0 Å². The molecular weight excluding hydrogens is 350 g/mol. The van der Waals surface area contributed by atoms with Crippen molar-refractivity contribution in [1.82, 2.24) is 15.0 Å². The Morgan fingerprint density at radius 3 is 2.71 bits per heavy atom. The van der Waals surface area contributed by atoms with Gasteiger partial charge >= 0.3 is 0 Å². The molecule has 1 amide bonds. The average Bonchev–Trinajstić information content (AvgIpc) is 3.32. The summed E-state index contributed by atoms with van der Waals surface area (Å²) in [5.41, 5.74) is 4.65. The van der Waals surface area contributed by atoms with E-state index in [2.05, 4.69) is 60.4 Å². The van der Waals surface area contributed by atoms with Crippen LogP contribution in [0, 0.1) is 13.8 Å².